The van der Waals surface area contributed by atoms with Crippen LogP contribution in [-0.2, 0) is 14.3 Å². The number of nitrogens with zero attached hydrogens (tertiary/aromatic N) is 1. The number of carboxylic acids is 1. The van der Waals surface area contributed by atoms with E-state index in [1.54, 1.807) is 20.8 Å². The average Bonchev–Trinajstić information content (AvgIpc) is 3.01. The van der Waals surface area contributed by atoms with Crippen molar-refractivity contribution in [2.24, 2.45) is 16.7 Å². The number of rotatable bonds is 4. The molecule has 2 aliphatic rings. The molecule has 0 bridgehead atoms. The first kappa shape index (κ1) is 21.5. The molecule has 1 heterocycles. The molecule has 0 aromatic heterocycles. The minimum absolute atomic E-state index is 0.0676. The van der Waals surface area contributed by atoms with E-state index in [-0.39, 0.29) is 11.3 Å². The number of carbonyl (C=O) groups is 3. The molecule has 1 aliphatic carbocycles. The highest BCUT2D eigenvalue weighted by atomic mass is 16.6. The van der Waals surface area contributed by atoms with Crippen molar-refractivity contribution in [3.63, 3.8) is 0 Å². The third-order valence-electron chi connectivity index (χ3n) is 5.66. The molecular formula is C20H34N2O5. The van der Waals surface area contributed by atoms with Crippen LogP contribution in [0, 0.1) is 16.7 Å². The molecule has 7 nitrogen and oxygen atoms in total. The second-order valence-corrected chi connectivity index (χ2v) is 10.1. The minimum Gasteiger partial charge on any atom is -0.480 e. The minimum atomic E-state index is -0.980. The SMILES string of the molecule is CC[C@@H]1C[C@]12C[C@@H](C(=O)O)N(C(=O)[C@@H](NC(=O)OC(C)(C)C)C(C)(C)C)C2. The van der Waals surface area contributed by atoms with Crippen LogP contribution in [0.2, 0.25) is 0 Å². The first-order chi connectivity index (χ1) is 12.2. The summed E-state index contributed by atoms with van der Waals surface area (Å²) in [5, 5.41) is 12.3. The lowest BCUT2D eigenvalue weighted by atomic mass is 9.85. The van der Waals surface area contributed by atoms with E-state index in [2.05, 4.69) is 12.2 Å². The average molecular weight is 383 g/mol. The zero-order valence-electron chi connectivity index (χ0n) is 17.6. The Morgan fingerprint density at radius 3 is 2.19 bits per heavy atom. The molecule has 4 atom stereocenters. The second kappa shape index (κ2) is 6.99. The summed E-state index contributed by atoms with van der Waals surface area (Å²) in [5.74, 6) is -0.852. The molecule has 27 heavy (non-hydrogen) atoms. The van der Waals surface area contributed by atoms with Gasteiger partial charge in [0, 0.05) is 6.54 Å². The van der Waals surface area contributed by atoms with E-state index in [0.717, 1.165) is 12.8 Å². The molecule has 2 rings (SSSR count). The van der Waals surface area contributed by atoms with Gasteiger partial charge in [-0.2, -0.15) is 0 Å². The molecule has 2 amide bonds. The van der Waals surface area contributed by atoms with Crippen LogP contribution in [0.4, 0.5) is 4.79 Å². The number of amides is 2. The topological polar surface area (TPSA) is 95.9 Å². The third kappa shape index (κ3) is 4.74. The van der Waals surface area contributed by atoms with E-state index in [0.29, 0.717) is 18.9 Å². The smallest absolute Gasteiger partial charge is 0.408 e. The van der Waals surface area contributed by atoms with Crippen LogP contribution >= 0.6 is 0 Å². The predicted molar refractivity (Wildman–Crippen MR) is 101 cm³/mol. The van der Waals surface area contributed by atoms with Gasteiger partial charge in [0.15, 0.2) is 0 Å². The number of carbonyl (C=O) groups excluding carboxylic acids is 2. The molecule has 0 radical (unpaired) electrons. The summed E-state index contributed by atoms with van der Waals surface area (Å²) in [6, 6.07) is -1.69. The summed E-state index contributed by atoms with van der Waals surface area (Å²) in [5.41, 5.74) is -1.33. The van der Waals surface area contributed by atoms with Crippen LogP contribution < -0.4 is 5.32 Å². The van der Waals surface area contributed by atoms with Crippen molar-refractivity contribution in [1.29, 1.82) is 0 Å². The van der Waals surface area contributed by atoms with Crippen molar-refractivity contribution in [1.82, 2.24) is 10.2 Å². The third-order valence-corrected chi connectivity index (χ3v) is 5.66. The molecule has 1 saturated carbocycles. The number of ether oxygens (including phenoxy) is 1. The van der Waals surface area contributed by atoms with Gasteiger partial charge in [0.05, 0.1) is 0 Å². The van der Waals surface area contributed by atoms with Crippen LogP contribution in [-0.4, -0.2) is 52.2 Å². The summed E-state index contributed by atoms with van der Waals surface area (Å²) in [4.78, 5) is 38.8. The fourth-order valence-electron chi connectivity index (χ4n) is 4.15. The van der Waals surface area contributed by atoms with Gasteiger partial charge in [0.2, 0.25) is 5.91 Å². The highest BCUT2D eigenvalue weighted by Crippen LogP contribution is 2.61. The molecular weight excluding hydrogens is 348 g/mol. The molecule has 0 unspecified atom stereocenters. The fourth-order valence-corrected chi connectivity index (χ4v) is 4.15. The van der Waals surface area contributed by atoms with Gasteiger partial charge in [0.1, 0.15) is 17.7 Å². The lowest BCUT2D eigenvalue weighted by molar-refractivity contribution is -0.150. The number of nitrogens with one attached hydrogen (secondary N) is 1. The monoisotopic (exact) mass is 382 g/mol. The maximum atomic E-state index is 13.3. The number of hydrogen-bond donors (Lipinski definition) is 2. The highest BCUT2D eigenvalue weighted by Gasteiger charge is 2.62. The summed E-state index contributed by atoms with van der Waals surface area (Å²) in [6.07, 6.45) is 1.79. The van der Waals surface area contributed by atoms with Gasteiger partial charge in [0.25, 0.3) is 0 Å². The summed E-state index contributed by atoms with van der Waals surface area (Å²) in [6.45, 7) is 13.3. The number of likely N-dealkylation sites (tertiary alicyclic amines) is 1. The van der Waals surface area contributed by atoms with Gasteiger partial charge < -0.3 is 20.1 Å². The normalized spacial score (nSPS) is 28.8. The quantitative estimate of drug-likeness (QED) is 0.779. The largest absolute Gasteiger partial charge is 0.480 e. The van der Waals surface area contributed by atoms with Gasteiger partial charge in [-0.3, -0.25) is 4.79 Å². The predicted octanol–water partition coefficient (Wildman–Crippen LogP) is 3.03. The summed E-state index contributed by atoms with van der Waals surface area (Å²) >= 11 is 0. The molecule has 0 aromatic rings. The van der Waals surface area contributed by atoms with Crippen molar-refractivity contribution >= 4 is 18.0 Å². The molecule has 154 valence electrons. The van der Waals surface area contributed by atoms with Crippen molar-refractivity contribution in [3.05, 3.63) is 0 Å². The number of hydrogen-bond acceptors (Lipinski definition) is 4. The number of aliphatic carboxylic acids is 1. The highest BCUT2D eigenvalue weighted by molar-refractivity contribution is 5.90. The molecule has 2 N–H and O–H groups in total. The van der Waals surface area contributed by atoms with Gasteiger partial charge in [-0.05, 0) is 50.4 Å². The summed E-state index contributed by atoms with van der Waals surface area (Å²) in [7, 11) is 0. The van der Waals surface area contributed by atoms with Gasteiger partial charge in [-0.15, -0.1) is 0 Å². The van der Waals surface area contributed by atoms with Crippen LogP contribution in [0.15, 0.2) is 0 Å². The van der Waals surface area contributed by atoms with Crippen molar-refractivity contribution < 1.29 is 24.2 Å². The van der Waals surface area contributed by atoms with Crippen LogP contribution in [0.3, 0.4) is 0 Å². The lowest BCUT2D eigenvalue weighted by Gasteiger charge is -2.35. The number of carboxylic acid groups (broad SMARTS) is 1. The van der Waals surface area contributed by atoms with E-state index in [1.165, 1.54) is 4.90 Å². The molecule has 0 aromatic carbocycles. The molecule has 1 aliphatic heterocycles. The van der Waals surface area contributed by atoms with Crippen molar-refractivity contribution in [3.8, 4) is 0 Å². The Morgan fingerprint density at radius 1 is 1.19 bits per heavy atom. The van der Waals surface area contributed by atoms with Crippen LogP contribution in [0.25, 0.3) is 0 Å². The first-order valence-corrected chi connectivity index (χ1v) is 9.73. The van der Waals surface area contributed by atoms with Crippen molar-refractivity contribution in [2.45, 2.75) is 85.4 Å². The lowest BCUT2D eigenvalue weighted by Crippen LogP contribution is -2.57. The van der Waals surface area contributed by atoms with E-state index in [1.807, 2.05) is 20.8 Å². The Morgan fingerprint density at radius 2 is 1.78 bits per heavy atom. The summed E-state index contributed by atoms with van der Waals surface area (Å²) < 4.78 is 5.30. The van der Waals surface area contributed by atoms with Crippen molar-refractivity contribution in [2.75, 3.05) is 6.54 Å². The second-order valence-electron chi connectivity index (χ2n) is 10.1. The molecule has 7 heteroatoms. The van der Waals surface area contributed by atoms with Gasteiger partial charge in [-0.25, -0.2) is 9.59 Å². The molecule has 1 spiro atoms. The van der Waals surface area contributed by atoms with E-state index in [9.17, 15) is 19.5 Å². The Kier molecular flexibility index (Phi) is 5.56. The Balaban J connectivity index is 2.21. The fraction of sp³-hybridized carbons (Fsp3) is 0.850. The van der Waals surface area contributed by atoms with E-state index in [4.69, 9.17) is 4.74 Å². The standard InChI is InChI=1S/C20H34N2O5/c1-8-12-9-20(12)10-13(16(24)25)22(11-20)15(23)14(18(2,3)4)21-17(26)27-19(5,6)7/h12-14H,8-11H2,1-7H3,(H,21,26)(H,24,25)/t12-,13+,14-,20-/m1/s1. The number of alkyl carbamates (subject to hydrolysis) is 1. The molecule has 1 saturated heterocycles. The maximum Gasteiger partial charge on any atom is 0.408 e. The van der Waals surface area contributed by atoms with Crippen LogP contribution in [0.5, 0.6) is 0 Å². The van der Waals surface area contributed by atoms with Gasteiger partial charge >= 0.3 is 12.1 Å². The Labute approximate surface area is 161 Å². The zero-order chi connectivity index (χ0) is 20.8. The zero-order valence-corrected chi connectivity index (χ0v) is 17.6. The first-order valence-electron chi connectivity index (χ1n) is 9.73. The van der Waals surface area contributed by atoms with Crippen LogP contribution in [0.1, 0.15) is 67.7 Å². The van der Waals surface area contributed by atoms with E-state index < -0.39 is 35.2 Å². The Hall–Kier alpha value is -1.79. The molecule has 2 fully saturated rings. The Bertz CT molecular complexity index is 619. The van der Waals surface area contributed by atoms with Gasteiger partial charge in [-0.1, -0.05) is 34.1 Å². The van der Waals surface area contributed by atoms with E-state index >= 15 is 0 Å². The maximum absolute atomic E-state index is 13.3.